The molecule has 0 aliphatic carbocycles. The smallest absolute Gasteiger partial charge is 0.259 e. The Morgan fingerprint density at radius 3 is 2.84 bits per heavy atom. The third-order valence-electron chi connectivity index (χ3n) is 4.11. The Hall–Kier alpha value is -2.60. The molecular weight excluding hydrogens is 338 g/mol. The Labute approximate surface area is 151 Å². The molecule has 3 rings (SSSR count). The fourth-order valence-electron chi connectivity index (χ4n) is 2.49. The molecule has 25 heavy (non-hydrogen) atoms. The highest BCUT2D eigenvalue weighted by molar-refractivity contribution is 6.31. The van der Waals surface area contributed by atoms with Crippen LogP contribution in [0.15, 0.2) is 48.9 Å². The van der Waals surface area contributed by atoms with Crippen LogP contribution in [0, 0.1) is 0 Å². The Balaban J connectivity index is 1.71. The van der Waals surface area contributed by atoms with Gasteiger partial charge in [0.1, 0.15) is 5.82 Å². The molecule has 0 fully saturated rings. The summed E-state index contributed by atoms with van der Waals surface area (Å²) in [7, 11) is 0. The van der Waals surface area contributed by atoms with E-state index >= 15 is 0 Å². The fraction of sp³-hybridized carbons (Fsp3) is 0.278. The average Bonchev–Trinajstić information content (AvgIpc) is 3.26. The molecule has 130 valence electrons. The molecule has 0 saturated carbocycles. The van der Waals surface area contributed by atoms with Crippen molar-refractivity contribution in [3.63, 3.8) is 0 Å². The molecular formula is C18H20ClN5O. The van der Waals surface area contributed by atoms with Crippen LogP contribution in [0.5, 0.6) is 0 Å². The average molecular weight is 358 g/mol. The van der Waals surface area contributed by atoms with E-state index in [1.807, 2.05) is 28.9 Å². The SMILES string of the molecule is CCC(C)n1nccc1NC(=O)c1cnn(Cc2ccccc2Cl)c1. The number of hydrogen-bond acceptors (Lipinski definition) is 3. The van der Waals surface area contributed by atoms with Crippen LogP contribution in [0.3, 0.4) is 0 Å². The van der Waals surface area contributed by atoms with Crippen molar-refractivity contribution in [1.82, 2.24) is 19.6 Å². The van der Waals surface area contributed by atoms with Crippen LogP contribution < -0.4 is 5.32 Å². The zero-order valence-electron chi connectivity index (χ0n) is 14.2. The normalized spacial score (nSPS) is 12.1. The lowest BCUT2D eigenvalue weighted by Crippen LogP contribution is -2.17. The Bertz CT molecular complexity index is 870. The van der Waals surface area contributed by atoms with Crippen molar-refractivity contribution in [2.75, 3.05) is 5.32 Å². The summed E-state index contributed by atoms with van der Waals surface area (Å²) in [6.45, 7) is 4.65. The maximum atomic E-state index is 12.5. The number of rotatable bonds is 6. The molecule has 0 bridgehead atoms. The van der Waals surface area contributed by atoms with E-state index in [0.717, 1.165) is 12.0 Å². The zero-order chi connectivity index (χ0) is 17.8. The van der Waals surface area contributed by atoms with E-state index < -0.39 is 0 Å². The Kier molecular flexibility index (Phi) is 5.19. The van der Waals surface area contributed by atoms with Crippen LogP contribution in [0.25, 0.3) is 0 Å². The van der Waals surface area contributed by atoms with Gasteiger partial charge in [0.25, 0.3) is 5.91 Å². The van der Waals surface area contributed by atoms with Crippen molar-refractivity contribution >= 4 is 23.3 Å². The number of amides is 1. The summed E-state index contributed by atoms with van der Waals surface area (Å²) in [6, 6.07) is 9.59. The summed E-state index contributed by atoms with van der Waals surface area (Å²) >= 11 is 6.17. The van der Waals surface area contributed by atoms with Crippen LogP contribution in [-0.2, 0) is 6.54 Å². The minimum absolute atomic E-state index is 0.213. The van der Waals surface area contributed by atoms with E-state index in [4.69, 9.17) is 11.6 Å². The second kappa shape index (κ2) is 7.53. The van der Waals surface area contributed by atoms with E-state index in [0.29, 0.717) is 22.9 Å². The van der Waals surface area contributed by atoms with E-state index in [2.05, 4.69) is 29.4 Å². The number of carbonyl (C=O) groups is 1. The lowest BCUT2D eigenvalue weighted by Gasteiger charge is -2.13. The molecule has 3 aromatic rings. The number of aromatic nitrogens is 4. The van der Waals surface area contributed by atoms with Crippen LogP contribution in [0.1, 0.15) is 42.2 Å². The highest BCUT2D eigenvalue weighted by Crippen LogP contribution is 2.18. The zero-order valence-corrected chi connectivity index (χ0v) is 14.9. The Morgan fingerprint density at radius 2 is 2.08 bits per heavy atom. The first kappa shape index (κ1) is 17.2. The van der Waals surface area contributed by atoms with Gasteiger partial charge in [-0.15, -0.1) is 0 Å². The number of anilines is 1. The molecule has 2 heterocycles. The van der Waals surface area contributed by atoms with Gasteiger partial charge < -0.3 is 5.32 Å². The Morgan fingerprint density at radius 1 is 1.28 bits per heavy atom. The van der Waals surface area contributed by atoms with Crippen LogP contribution in [0.2, 0.25) is 5.02 Å². The molecule has 0 aliphatic rings. The molecule has 0 radical (unpaired) electrons. The van der Waals surface area contributed by atoms with Crippen molar-refractivity contribution in [2.45, 2.75) is 32.9 Å². The van der Waals surface area contributed by atoms with Gasteiger partial charge in [0.2, 0.25) is 0 Å². The number of nitrogens with zero attached hydrogens (tertiary/aromatic N) is 4. The number of carbonyl (C=O) groups excluding carboxylic acids is 1. The first-order valence-electron chi connectivity index (χ1n) is 8.19. The molecule has 6 nitrogen and oxygen atoms in total. The molecule has 1 N–H and O–H groups in total. The van der Waals surface area contributed by atoms with Crippen LogP contribution >= 0.6 is 11.6 Å². The number of benzene rings is 1. The molecule has 1 amide bonds. The van der Waals surface area contributed by atoms with Gasteiger partial charge >= 0.3 is 0 Å². The van der Waals surface area contributed by atoms with Gasteiger partial charge in [0.05, 0.1) is 30.5 Å². The molecule has 1 unspecified atom stereocenters. The maximum Gasteiger partial charge on any atom is 0.259 e. The van der Waals surface area contributed by atoms with E-state index in [9.17, 15) is 4.79 Å². The van der Waals surface area contributed by atoms with Crippen molar-refractivity contribution in [1.29, 1.82) is 0 Å². The second-order valence-electron chi connectivity index (χ2n) is 5.89. The third-order valence-corrected chi connectivity index (χ3v) is 4.47. The van der Waals surface area contributed by atoms with Gasteiger partial charge in [-0.2, -0.15) is 10.2 Å². The predicted molar refractivity (Wildman–Crippen MR) is 98.0 cm³/mol. The molecule has 0 aliphatic heterocycles. The van der Waals surface area contributed by atoms with Crippen LogP contribution in [-0.4, -0.2) is 25.5 Å². The molecule has 1 aromatic carbocycles. The minimum atomic E-state index is -0.213. The minimum Gasteiger partial charge on any atom is -0.307 e. The van der Waals surface area contributed by atoms with E-state index in [-0.39, 0.29) is 11.9 Å². The van der Waals surface area contributed by atoms with Gasteiger partial charge in [-0.1, -0.05) is 36.7 Å². The quantitative estimate of drug-likeness (QED) is 0.725. The van der Waals surface area contributed by atoms with Gasteiger partial charge in [0, 0.05) is 17.3 Å². The van der Waals surface area contributed by atoms with E-state index in [1.165, 1.54) is 0 Å². The summed E-state index contributed by atoms with van der Waals surface area (Å²) in [6.07, 6.45) is 5.88. The van der Waals surface area contributed by atoms with Crippen LogP contribution in [0.4, 0.5) is 5.82 Å². The summed E-state index contributed by atoms with van der Waals surface area (Å²) in [5, 5.41) is 12.1. The fourth-order valence-corrected chi connectivity index (χ4v) is 2.69. The van der Waals surface area contributed by atoms with Crippen molar-refractivity contribution in [2.24, 2.45) is 0 Å². The molecule has 1 atom stereocenters. The summed E-state index contributed by atoms with van der Waals surface area (Å²) in [4.78, 5) is 12.5. The van der Waals surface area contributed by atoms with Crippen molar-refractivity contribution in [3.8, 4) is 0 Å². The number of nitrogens with one attached hydrogen (secondary N) is 1. The summed E-state index contributed by atoms with van der Waals surface area (Å²) in [5.41, 5.74) is 1.44. The van der Waals surface area contributed by atoms with Gasteiger partial charge in [0.15, 0.2) is 0 Å². The number of halogens is 1. The summed E-state index contributed by atoms with van der Waals surface area (Å²) in [5.74, 6) is 0.466. The van der Waals surface area contributed by atoms with Gasteiger partial charge in [-0.25, -0.2) is 4.68 Å². The topological polar surface area (TPSA) is 64.7 Å². The van der Waals surface area contributed by atoms with E-state index in [1.54, 1.807) is 29.3 Å². The molecule has 0 spiro atoms. The third kappa shape index (κ3) is 3.91. The molecule has 2 aromatic heterocycles. The molecule has 7 heteroatoms. The van der Waals surface area contributed by atoms with Crippen molar-refractivity contribution in [3.05, 3.63) is 65.1 Å². The van der Waals surface area contributed by atoms with Gasteiger partial charge in [-0.3, -0.25) is 9.48 Å². The summed E-state index contributed by atoms with van der Waals surface area (Å²) < 4.78 is 3.51. The predicted octanol–water partition coefficient (Wildman–Crippen LogP) is 4.00. The second-order valence-corrected chi connectivity index (χ2v) is 6.30. The lowest BCUT2D eigenvalue weighted by molar-refractivity contribution is 0.102. The largest absolute Gasteiger partial charge is 0.307 e. The first-order valence-corrected chi connectivity index (χ1v) is 8.57. The highest BCUT2D eigenvalue weighted by Gasteiger charge is 2.14. The van der Waals surface area contributed by atoms with Crippen molar-refractivity contribution < 1.29 is 4.79 Å². The first-order chi connectivity index (χ1) is 12.1. The highest BCUT2D eigenvalue weighted by atomic mass is 35.5. The maximum absolute atomic E-state index is 12.5. The number of hydrogen-bond donors (Lipinski definition) is 1. The standard InChI is InChI=1S/C18H20ClN5O/c1-3-13(2)24-17(8-9-20-24)22-18(25)15-10-21-23(12-15)11-14-6-4-5-7-16(14)19/h4-10,12-13H,3,11H2,1-2H3,(H,22,25). The lowest BCUT2D eigenvalue weighted by atomic mass is 10.2. The molecule has 0 saturated heterocycles. The van der Waals surface area contributed by atoms with Gasteiger partial charge in [-0.05, 0) is 25.0 Å². The monoisotopic (exact) mass is 357 g/mol.